The van der Waals surface area contributed by atoms with Crippen LogP contribution in [0.4, 0.5) is 14.6 Å². The molecule has 10 heteroatoms. The fraction of sp³-hybridized carbons (Fsp3) is 0.294. The van der Waals surface area contributed by atoms with Crippen molar-refractivity contribution in [1.29, 1.82) is 0 Å². The van der Waals surface area contributed by atoms with Crippen LogP contribution in [0.15, 0.2) is 30.7 Å². The van der Waals surface area contributed by atoms with Crippen molar-refractivity contribution in [2.24, 2.45) is 0 Å². The van der Waals surface area contributed by atoms with Crippen molar-refractivity contribution in [3.8, 4) is 11.1 Å². The number of ether oxygens (including phenoxy) is 1. The van der Waals surface area contributed by atoms with Gasteiger partial charge in [0.15, 0.2) is 12.4 Å². The van der Waals surface area contributed by atoms with Crippen LogP contribution in [0.1, 0.15) is 6.23 Å². The van der Waals surface area contributed by atoms with E-state index < -0.39 is 37.0 Å². The fourth-order valence-corrected chi connectivity index (χ4v) is 3.39. The molecule has 0 radical (unpaired) electrons. The number of rotatable bonds is 3. The van der Waals surface area contributed by atoms with Gasteiger partial charge >= 0.3 is 0 Å². The fourth-order valence-electron chi connectivity index (χ4n) is 3.27. The van der Waals surface area contributed by atoms with Crippen LogP contribution in [-0.4, -0.2) is 49.7 Å². The molecule has 0 saturated carbocycles. The first kappa shape index (κ1) is 18.1. The van der Waals surface area contributed by atoms with E-state index in [9.17, 15) is 19.0 Å². The Morgan fingerprint density at radius 1 is 1.33 bits per heavy atom. The molecule has 4 rings (SSSR count). The molecule has 0 amide bonds. The Bertz CT molecular complexity index is 1020. The van der Waals surface area contributed by atoms with Crippen LogP contribution in [0, 0.1) is 5.82 Å². The number of hydrogen-bond acceptors (Lipinski definition) is 6. The topological polar surface area (TPSA) is 106 Å². The van der Waals surface area contributed by atoms with Gasteiger partial charge in [-0.1, -0.05) is 17.7 Å². The van der Waals surface area contributed by atoms with Crippen molar-refractivity contribution in [2.45, 2.75) is 24.6 Å². The van der Waals surface area contributed by atoms with E-state index in [0.717, 1.165) is 0 Å². The summed E-state index contributed by atoms with van der Waals surface area (Å²) >= 11 is 5.75. The number of alkyl halides is 1. The molecule has 7 nitrogen and oxygen atoms in total. The van der Waals surface area contributed by atoms with Gasteiger partial charge in [0.1, 0.15) is 35.8 Å². The summed E-state index contributed by atoms with van der Waals surface area (Å²) in [5, 5.41) is 19.8. The number of aromatic nitrogens is 3. The smallest absolute Gasteiger partial charge is 0.164 e. The minimum absolute atomic E-state index is 0.0349. The maximum absolute atomic E-state index is 14.2. The van der Waals surface area contributed by atoms with E-state index in [1.165, 1.54) is 29.2 Å². The van der Waals surface area contributed by atoms with Crippen LogP contribution in [0.3, 0.4) is 0 Å². The lowest BCUT2D eigenvalue weighted by molar-refractivity contribution is -0.0492. The summed E-state index contributed by atoms with van der Waals surface area (Å²) in [7, 11) is 0. The van der Waals surface area contributed by atoms with E-state index in [4.69, 9.17) is 22.1 Å². The van der Waals surface area contributed by atoms with Gasteiger partial charge < -0.3 is 25.3 Å². The predicted octanol–water partition coefficient (Wildman–Crippen LogP) is 2.06. The van der Waals surface area contributed by atoms with Gasteiger partial charge in [-0.3, -0.25) is 0 Å². The summed E-state index contributed by atoms with van der Waals surface area (Å²) in [4.78, 5) is 8.11. The molecule has 4 atom stereocenters. The first-order valence-electron chi connectivity index (χ1n) is 8.07. The Hall–Kier alpha value is -2.33. The van der Waals surface area contributed by atoms with E-state index in [1.807, 2.05) is 0 Å². The van der Waals surface area contributed by atoms with Crippen LogP contribution < -0.4 is 5.73 Å². The number of anilines is 1. The number of aliphatic hydroxyl groups excluding tert-OH is 2. The normalized spacial score (nSPS) is 25.4. The summed E-state index contributed by atoms with van der Waals surface area (Å²) in [6.45, 7) is -0.583. The second kappa shape index (κ2) is 6.68. The molecule has 1 fully saturated rings. The Morgan fingerprint density at radius 2 is 2.11 bits per heavy atom. The highest BCUT2D eigenvalue weighted by Crippen LogP contribution is 2.39. The third-order valence-electron chi connectivity index (χ3n) is 4.61. The first-order valence-corrected chi connectivity index (χ1v) is 8.45. The number of hydrogen-bond donors (Lipinski definition) is 3. The van der Waals surface area contributed by atoms with Gasteiger partial charge in [0.2, 0.25) is 0 Å². The number of halogens is 3. The lowest BCUT2D eigenvalue weighted by Gasteiger charge is -2.16. The zero-order chi connectivity index (χ0) is 19.3. The minimum Gasteiger partial charge on any atom is -0.394 e. The summed E-state index contributed by atoms with van der Waals surface area (Å²) in [5.74, 6) is -0.487. The molecule has 1 saturated heterocycles. The number of nitrogen functional groups attached to an aromatic ring is 1. The second-order valence-corrected chi connectivity index (χ2v) is 6.63. The van der Waals surface area contributed by atoms with Crippen LogP contribution in [0.2, 0.25) is 5.02 Å². The number of fused-ring (bicyclic) bond motifs is 1. The average molecular weight is 397 g/mol. The molecule has 1 aromatic carbocycles. The van der Waals surface area contributed by atoms with E-state index in [2.05, 4.69) is 9.97 Å². The molecule has 0 bridgehead atoms. The number of aliphatic hydroxyl groups is 2. The molecule has 0 unspecified atom stereocenters. The zero-order valence-corrected chi connectivity index (χ0v) is 14.5. The van der Waals surface area contributed by atoms with Crippen LogP contribution >= 0.6 is 11.6 Å². The molecule has 1 aliphatic heterocycles. The van der Waals surface area contributed by atoms with Gasteiger partial charge in [-0.2, -0.15) is 0 Å². The third kappa shape index (κ3) is 2.83. The maximum Gasteiger partial charge on any atom is 0.164 e. The quantitative estimate of drug-likeness (QED) is 0.625. The molecule has 0 spiro atoms. The number of nitrogens with zero attached hydrogens (tertiary/aromatic N) is 3. The van der Waals surface area contributed by atoms with Gasteiger partial charge in [-0.25, -0.2) is 18.7 Å². The van der Waals surface area contributed by atoms with Crippen LogP contribution in [0.5, 0.6) is 0 Å². The van der Waals surface area contributed by atoms with Crippen molar-refractivity contribution in [2.75, 3.05) is 12.3 Å². The van der Waals surface area contributed by atoms with Gasteiger partial charge in [-0.05, 0) is 17.7 Å². The average Bonchev–Trinajstić information content (AvgIpc) is 3.17. The number of nitrogens with two attached hydrogens (primary N) is 1. The SMILES string of the molecule is Nc1ncnc2c1c(-c1ccc(Cl)c(F)c1)cn2[C@@H]1O[C@H](CO)[C@H](F)[C@H]1O. The lowest BCUT2D eigenvalue weighted by Crippen LogP contribution is -2.29. The van der Waals surface area contributed by atoms with Gasteiger partial charge in [0.05, 0.1) is 17.0 Å². The van der Waals surface area contributed by atoms with Crippen molar-refractivity contribution in [3.05, 3.63) is 41.6 Å². The highest BCUT2D eigenvalue weighted by molar-refractivity contribution is 6.30. The van der Waals surface area contributed by atoms with Crippen LogP contribution in [0.25, 0.3) is 22.2 Å². The minimum atomic E-state index is -1.77. The van der Waals surface area contributed by atoms with Gasteiger partial charge in [0.25, 0.3) is 0 Å². The van der Waals surface area contributed by atoms with Crippen molar-refractivity contribution >= 4 is 28.5 Å². The molecule has 142 valence electrons. The highest BCUT2D eigenvalue weighted by Gasteiger charge is 2.45. The zero-order valence-electron chi connectivity index (χ0n) is 13.8. The van der Waals surface area contributed by atoms with Crippen molar-refractivity contribution in [3.63, 3.8) is 0 Å². The van der Waals surface area contributed by atoms with Crippen molar-refractivity contribution in [1.82, 2.24) is 14.5 Å². The first-order chi connectivity index (χ1) is 12.9. The summed E-state index contributed by atoms with van der Waals surface area (Å²) in [6, 6.07) is 4.22. The Kier molecular flexibility index (Phi) is 4.47. The molecular formula is C17H15ClF2N4O3. The maximum atomic E-state index is 14.2. The predicted molar refractivity (Wildman–Crippen MR) is 94.2 cm³/mol. The van der Waals surface area contributed by atoms with Gasteiger partial charge in [0, 0.05) is 11.8 Å². The van der Waals surface area contributed by atoms with E-state index in [0.29, 0.717) is 16.5 Å². The number of benzene rings is 1. The van der Waals surface area contributed by atoms with Gasteiger partial charge in [-0.15, -0.1) is 0 Å². The molecule has 3 aromatic rings. The summed E-state index contributed by atoms with van der Waals surface area (Å²) < 4.78 is 35.0. The molecule has 0 aliphatic carbocycles. The van der Waals surface area contributed by atoms with Crippen molar-refractivity contribution < 1.29 is 23.7 Å². The third-order valence-corrected chi connectivity index (χ3v) is 4.92. The van der Waals surface area contributed by atoms with E-state index in [-0.39, 0.29) is 16.5 Å². The Labute approximate surface area is 157 Å². The molecular weight excluding hydrogens is 382 g/mol. The molecule has 3 heterocycles. The molecule has 27 heavy (non-hydrogen) atoms. The van der Waals surface area contributed by atoms with Crippen LogP contribution in [-0.2, 0) is 4.74 Å². The lowest BCUT2D eigenvalue weighted by atomic mass is 10.1. The molecule has 4 N–H and O–H groups in total. The largest absolute Gasteiger partial charge is 0.394 e. The highest BCUT2D eigenvalue weighted by atomic mass is 35.5. The second-order valence-electron chi connectivity index (χ2n) is 6.22. The molecule has 2 aromatic heterocycles. The molecule has 1 aliphatic rings. The summed E-state index contributed by atoms with van der Waals surface area (Å²) in [6.07, 6.45) is -2.86. The Morgan fingerprint density at radius 3 is 2.78 bits per heavy atom. The monoisotopic (exact) mass is 396 g/mol. The summed E-state index contributed by atoms with van der Waals surface area (Å²) in [5.41, 5.74) is 7.19. The standard InChI is InChI=1S/C17H15ClF2N4O3/c18-9-2-1-7(3-10(9)19)8-4-24(16-12(8)15(21)22-6-23-16)17-14(26)13(20)11(5-25)27-17/h1-4,6,11,13-14,17,25-26H,5H2,(H2,21,22,23)/t11-,13+,14-,17-/m1/s1. The van der Waals surface area contributed by atoms with E-state index >= 15 is 0 Å². The Balaban J connectivity index is 1.91. The van der Waals surface area contributed by atoms with E-state index in [1.54, 1.807) is 6.07 Å².